The summed E-state index contributed by atoms with van der Waals surface area (Å²) in [6, 6.07) is 6.17. The van der Waals surface area contributed by atoms with Gasteiger partial charge in [0.1, 0.15) is 5.82 Å². The van der Waals surface area contributed by atoms with Crippen molar-refractivity contribution >= 4 is 27.5 Å². The molecule has 0 spiro atoms. The van der Waals surface area contributed by atoms with Gasteiger partial charge in [-0.2, -0.15) is 0 Å². The Labute approximate surface area is 97.0 Å². The molecule has 0 aromatic heterocycles. The quantitative estimate of drug-likeness (QED) is 0.647. The van der Waals surface area contributed by atoms with Gasteiger partial charge in [0.25, 0.3) is 0 Å². The number of hydrogen-bond acceptors (Lipinski definition) is 1. The number of alkyl halides is 1. The lowest BCUT2D eigenvalue weighted by Crippen LogP contribution is -2.12. The maximum atomic E-state index is 13.1. The summed E-state index contributed by atoms with van der Waals surface area (Å²) >= 11 is 3.29. The van der Waals surface area contributed by atoms with Crippen LogP contribution in [0.3, 0.4) is 0 Å². The molecule has 0 saturated heterocycles. The van der Waals surface area contributed by atoms with E-state index in [1.54, 1.807) is 18.2 Å². The van der Waals surface area contributed by atoms with Gasteiger partial charge >= 0.3 is 0 Å². The highest BCUT2D eigenvalue weighted by molar-refractivity contribution is 9.09. The second-order valence-corrected chi connectivity index (χ2v) is 3.97. The number of hydrogen-bond donors (Lipinski definition) is 1. The van der Waals surface area contributed by atoms with Gasteiger partial charge in [-0.1, -0.05) is 28.1 Å². The highest BCUT2D eigenvalue weighted by Gasteiger charge is 2.05. The molecule has 4 heteroatoms. The zero-order chi connectivity index (χ0) is 11.1. The van der Waals surface area contributed by atoms with Crippen molar-refractivity contribution in [3.63, 3.8) is 0 Å². The van der Waals surface area contributed by atoms with E-state index >= 15 is 0 Å². The van der Waals surface area contributed by atoms with E-state index in [0.29, 0.717) is 6.42 Å². The van der Waals surface area contributed by atoms with Crippen LogP contribution in [0.4, 0.5) is 10.1 Å². The molecule has 0 unspecified atom stereocenters. The van der Waals surface area contributed by atoms with E-state index in [-0.39, 0.29) is 11.6 Å². The molecule has 1 aromatic carbocycles. The van der Waals surface area contributed by atoms with Crippen molar-refractivity contribution in [1.29, 1.82) is 0 Å². The molecule has 0 aliphatic carbocycles. The van der Waals surface area contributed by atoms with Gasteiger partial charge in [-0.25, -0.2) is 4.39 Å². The number of unbranched alkanes of at least 4 members (excludes halogenated alkanes) is 1. The van der Waals surface area contributed by atoms with E-state index in [1.807, 2.05) is 0 Å². The van der Waals surface area contributed by atoms with Crippen LogP contribution >= 0.6 is 15.9 Å². The number of carbonyl (C=O) groups is 1. The third-order valence-electron chi connectivity index (χ3n) is 1.94. The molecule has 0 atom stereocenters. The number of anilines is 1. The molecule has 1 N–H and O–H groups in total. The lowest BCUT2D eigenvalue weighted by molar-refractivity contribution is -0.116. The van der Waals surface area contributed by atoms with Crippen LogP contribution in [0.15, 0.2) is 24.3 Å². The Hall–Kier alpha value is -0.900. The van der Waals surface area contributed by atoms with Crippen molar-refractivity contribution in [3.8, 4) is 0 Å². The van der Waals surface area contributed by atoms with Gasteiger partial charge in [0.2, 0.25) is 5.91 Å². The first-order valence-electron chi connectivity index (χ1n) is 4.84. The number of carbonyl (C=O) groups excluding carboxylic acids is 1. The van der Waals surface area contributed by atoms with Crippen LogP contribution in [0, 0.1) is 5.82 Å². The molecule has 1 aromatic rings. The Morgan fingerprint density at radius 2 is 2.07 bits per heavy atom. The van der Waals surface area contributed by atoms with Gasteiger partial charge in [0.05, 0.1) is 5.69 Å². The van der Waals surface area contributed by atoms with E-state index in [4.69, 9.17) is 0 Å². The molecule has 1 rings (SSSR count). The number of benzene rings is 1. The topological polar surface area (TPSA) is 29.1 Å². The predicted molar refractivity (Wildman–Crippen MR) is 62.7 cm³/mol. The Kier molecular flexibility index (Phi) is 5.32. The molecule has 0 aliphatic heterocycles. The summed E-state index contributed by atoms with van der Waals surface area (Å²) < 4.78 is 13.1. The lowest BCUT2D eigenvalue weighted by atomic mass is 10.2. The normalized spacial score (nSPS) is 10.0. The first kappa shape index (κ1) is 12.2. The van der Waals surface area contributed by atoms with Crippen LogP contribution in [-0.4, -0.2) is 11.2 Å². The number of halogens is 2. The highest BCUT2D eigenvalue weighted by atomic mass is 79.9. The summed E-state index contributed by atoms with van der Waals surface area (Å²) in [4.78, 5) is 11.3. The third kappa shape index (κ3) is 4.42. The van der Waals surface area contributed by atoms with E-state index in [1.165, 1.54) is 6.07 Å². The Balaban J connectivity index is 2.41. The molecule has 2 nitrogen and oxygen atoms in total. The van der Waals surface area contributed by atoms with Gasteiger partial charge in [-0.3, -0.25) is 4.79 Å². The lowest BCUT2D eigenvalue weighted by Gasteiger charge is -2.05. The second-order valence-electron chi connectivity index (χ2n) is 3.17. The van der Waals surface area contributed by atoms with Crippen LogP contribution in [0.1, 0.15) is 19.3 Å². The van der Waals surface area contributed by atoms with Gasteiger partial charge in [0, 0.05) is 11.8 Å². The number of rotatable bonds is 5. The maximum absolute atomic E-state index is 13.1. The standard InChI is InChI=1S/C11H13BrFNO/c12-8-4-3-7-11(15)14-10-6-2-1-5-9(10)13/h1-2,5-6H,3-4,7-8H2,(H,14,15). The zero-order valence-electron chi connectivity index (χ0n) is 8.30. The van der Waals surface area contributed by atoms with Crippen LogP contribution in [0.2, 0.25) is 0 Å². The van der Waals surface area contributed by atoms with E-state index in [9.17, 15) is 9.18 Å². The Bertz CT molecular complexity index is 330. The molecule has 15 heavy (non-hydrogen) atoms. The van der Waals surface area contributed by atoms with Gasteiger partial charge in [0.15, 0.2) is 0 Å². The molecule has 0 bridgehead atoms. The Morgan fingerprint density at radius 3 is 2.73 bits per heavy atom. The SMILES string of the molecule is O=C(CCCCBr)Nc1ccccc1F. The second kappa shape index (κ2) is 6.56. The summed E-state index contributed by atoms with van der Waals surface area (Å²) in [5.74, 6) is -0.535. The average molecular weight is 274 g/mol. The van der Waals surface area contributed by atoms with Crippen LogP contribution < -0.4 is 5.32 Å². The van der Waals surface area contributed by atoms with E-state index in [2.05, 4.69) is 21.2 Å². The minimum atomic E-state index is -0.397. The molecule has 0 saturated carbocycles. The summed E-state index contributed by atoms with van der Waals surface area (Å²) in [7, 11) is 0. The van der Waals surface area contributed by atoms with Crippen molar-refractivity contribution in [2.45, 2.75) is 19.3 Å². The van der Waals surface area contributed by atoms with Crippen molar-refractivity contribution in [2.24, 2.45) is 0 Å². The van der Waals surface area contributed by atoms with Crippen molar-refractivity contribution in [2.75, 3.05) is 10.6 Å². The molecular formula is C11H13BrFNO. The number of para-hydroxylation sites is 1. The molecular weight excluding hydrogens is 261 g/mol. The van der Waals surface area contributed by atoms with E-state index in [0.717, 1.165) is 18.2 Å². The molecule has 0 radical (unpaired) electrons. The fraction of sp³-hybridized carbons (Fsp3) is 0.364. The van der Waals surface area contributed by atoms with E-state index < -0.39 is 5.82 Å². The van der Waals surface area contributed by atoms with Gasteiger partial charge in [-0.15, -0.1) is 0 Å². The molecule has 0 heterocycles. The zero-order valence-corrected chi connectivity index (χ0v) is 9.89. The summed E-state index contributed by atoms with van der Waals surface area (Å²) in [5, 5.41) is 3.43. The molecule has 0 aliphatic rings. The van der Waals surface area contributed by atoms with Crippen molar-refractivity contribution in [1.82, 2.24) is 0 Å². The maximum Gasteiger partial charge on any atom is 0.224 e. The van der Waals surface area contributed by atoms with Crippen LogP contribution in [0.25, 0.3) is 0 Å². The summed E-state index contributed by atoms with van der Waals surface area (Å²) in [5.41, 5.74) is 0.251. The monoisotopic (exact) mass is 273 g/mol. The van der Waals surface area contributed by atoms with Crippen molar-refractivity contribution in [3.05, 3.63) is 30.1 Å². The van der Waals surface area contributed by atoms with Gasteiger partial charge < -0.3 is 5.32 Å². The van der Waals surface area contributed by atoms with Crippen LogP contribution in [-0.2, 0) is 4.79 Å². The summed E-state index contributed by atoms with van der Waals surface area (Å²) in [6.45, 7) is 0. The van der Waals surface area contributed by atoms with Crippen molar-refractivity contribution < 1.29 is 9.18 Å². The first-order valence-corrected chi connectivity index (χ1v) is 5.96. The summed E-state index contributed by atoms with van der Waals surface area (Å²) in [6.07, 6.45) is 2.19. The predicted octanol–water partition coefficient (Wildman–Crippen LogP) is 3.33. The number of nitrogens with one attached hydrogen (secondary N) is 1. The minimum Gasteiger partial charge on any atom is -0.324 e. The fourth-order valence-electron chi connectivity index (χ4n) is 1.16. The highest BCUT2D eigenvalue weighted by Crippen LogP contribution is 2.13. The molecule has 1 amide bonds. The fourth-order valence-corrected chi connectivity index (χ4v) is 1.55. The minimum absolute atomic E-state index is 0.138. The first-order chi connectivity index (χ1) is 7.24. The average Bonchev–Trinajstić information content (AvgIpc) is 2.22. The van der Waals surface area contributed by atoms with Crippen LogP contribution in [0.5, 0.6) is 0 Å². The molecule has 0 fully saturated rings. The number of amides is 1. The van der Waals surface area contributed by atoms with Gasteiger partial charge in [-0.05, 0) is 25.0 Å². The Morgan fingerprint density at radius 1 is 1.33 bits per heavy atom. The molecule has 82 valence electrons. The largest absolute Gasteiger partial charge is 0.324 e. The third-order valence-corrected chi connectivity index (χ3v) is 2.50. The smallest absolute Gasteiger partial charge is 0.224 e.